The molecule has 76 valence electrons. The quantitative estimate of drug-likeness (QED) is 0.714. The minimum Gasteiger partial charge on any atom is -0.465 e. The molecule has 1 amide bonds. The summed E-state index contributed by atoms with van der Waals surface area (Å²) in [6.07, 6.45) is 0.927. The largest absolute Gasteiger partial charge is 0.465 e. The number of carbonyl (C=O) groups excluding carboxylic acids is 1. The van der Waals surface area contributed by atoms with Gasteiger partial charge in [-0.05, 0) is 19.3 Å². The van der Waals surface area contributed by atoms with E-state index in [2.05, 4.69) is 0 Å². The topological polar surface area (TPSA) is 81.4 Å². The molecule has 1 aliphatic heterocycles. The van der Waals surface area contributed by atoms with Crippen molar-refractivity contribution in [2.75, 3.05) is 6.54 Å². The van der Waals surface area contributed by atoms with Crippen LogP contribution in [0.2, 0.25) is 0 Å². The predicted octanol–water partition coefficient (Wildman–Crippen LogP) is 1.00. The molecule has 1 aliphatic rings. The average molecular weight is 196 g/mol. The van der Waals surface area contributed by atoms with Crippen LogP contribution in [0.15, 0.2) is 0 Å². The summed E-state index contributed by atoms with van der Waals surface area (Å²) in [5, 5.41) is 17.2. The van der Waals surface area contributed by atoms with Gasteiger partial charge < -0.3 is 5.11 Å². The van der Waals surface area contributed by atoms with Crippen LogP contribution in [0.25, 0.3) is 0 Å². The van der Waals surface area contributed by atoms with E-state index in [4.69, 9.17) is 10.4 Å². The van der Waals surface area contributed by atoms with E-state index in [1.165, 1.54) is 0 Å². The van der Waals surface area contributed by atoms with Gasteiger partial charge in [0.2, 0.25) is 0 Å². The van der Waals surface area contributed by atoms with E-state index >= 15 is 0 Å². The lowest BCUT2D eigenvalue weighted by molar-refractivity contribution is -0.123. The third kappa shape index (κ3) is 2.22. The number of carboxylic acid groups (broad SMARTS) is 1. The van der Waals surface area contributed by atoms with Crippen LogP contribution < -0.4 is 0 Å². The Hall–Kier alpha value is -1.57. The molecule has 0 aromatic carbocycles. The van der Waals surface area contributed by atoms with Crippen molar-refractivity contribution in [2.45, 2.75) is 31.7 Å². The molecule has 1 unspecified atom stereocenters. The summed E-state index contributed by atoms with van der Waals surface area (Å²) in [5.74, 6) is -0.283. The van der Waals surface area contributed by atoms with E-state index in [1.54, 1.807) is 6.07 Å². The summed E-state index contributed by atoms with van der Waals surface area (Å²) in [6, 6.07) is 1.16. The Morgan fingerprint density at radius 1 is 1.50 bits per heavy atom. The Labute approximate surface area is 81.9 Å². The highest BCUT2D eigenvalue weighted by Gasteiger charge is 2.31. The summed E-state index contributed by atoms with van der Waals surface area (Å²) in [7, 11) is 0. The number of piperidine rings is 1. The van der Waals surface area contributed by atoms with Crippen molar-refractivity contribution >= 4 is 11.9 Å². The molecule has 5 nitrogen and oxygen atoms in total. The molecular formula is C9H12N2O3. The molecule has 1 rings (SSSR count). The zero-order chi connectivity index (χ0) is 10.6. The Morgan fingerprint density at radius 2 is 2.21 bits per heavy atom. The molecule has 1 fully saturated rings. The number of carbonyl (C=O) groups is 2. The van der Waals surface area contributed by atoms with Crippen molar-refractivity contribution in [3.05, 3.63) is 0 Å². The van der Waals surface area contributed by atoms with Crippen molar-refractivity contribution in [2.24, 2.45) is 0 Å². The highest BCUT2D eigenvalue weighted by Crippen LogP contribution is 2.18. The maximum atomic E-state index is 11.4. The number of rotatable bonds is 2. The Balaban J connectivity index is 2.68. The molecule has 0 aromatic heterocycles. The van der Waals surface area contributed by atoms with E-state index in [0.717, 1.165) is 17.7 Å². The number of hydrogen-bond donors (Lipinski definition) is 1. The summed E-state index contributed by atoms with van der Waals surface area (Å²) in [5.41, 5.74) is 0. The first kappa shape index (κ1) is 10.5. The molecule has 0 aliphatic carbocycles. The molecule has 0 bridgehead atoms. The Kier molecular flexibility index (Phi) is 3.46. The van der Waals surface area contributed by atoms with Gasteiger partial charge in [0.25, 0.3) is 0 Å². The molecule has 1 heterocycles. The van der Waals surface area contributed by atoms with Crippen LogP contribution in [0.1, 0.15) is 25.7 Å². The second-order valence-corrected chi connectivity index (χ2v) is 3.29. The number of nitrogens with zero attached hydrogens (tertiary/aromatic N) is 2. The first-order chi connectivity index (χ1) is 6.66. The molecule has 0 spiro atoms. The van der Waals surface area contributed by atoms with Gasteiger partial charge in [0.05, 0.1) is 18.5 Å². The normalized spacial score (nSPS) is 21.4. The average Bonchev–Trinajstić information content (AvgIpc) is 2.18. The molecule has 0 saturated carbocycles. The van der Waals surface area contributed by atoms with E-state index in [1.807, 2.05) is 0 Å². The van der Waals surface area contributed by atoms with Crippen LogP contribution in [0, 0.1) is 11.3 Å². The summed E-state index contributed by atoms with van der Waals surface area (Å²) >= 11 is 0. The lowest BCUT2D eigenvalue weighted by atomic mass is 9.98. The molecule has 1 saturated heterocycles. The van der Waals surface area contributed by atoms with Crippen molar-refractivity contribution in [3.63, 3.8) is 0 Å². The maximum Gasteiger partial charge on any atom is 0.407 e. The van der Waals surface area contributed by atoms with E-state index in [9.17, 15) is 9.59 Å². The van der Waals surface area contributed by atoms with Gasteiger partial charge >= 0.3 is 6.09 Å². The standard InChI is InChI=1S/C9H12N2O3/c10-5-4-8(12)7-3-1-2-6-11(7)9(13)14/h7H,1-4,6H2,(H,13,14). The zero-order valence-electron chi connectivity index (χ0n) is 7.77. The predicted molar refractivity (Wildman–Crippen MR) is 47.6 cm³/mol. The van der Waals surface area contributed by atoms with Gasteiger partial charge in [-0.25, -0.2) is 4.79 Å². The van der Waals surface area contributed by atoms with Crippen molar-refractivity contribution in [3.8, 4) is 6.07 Å². The van der Waals surface area contributed by atoms with Gasteiger partial charge in [0, 0.05) is 6.54 Å². The second-order valence-electron chi connectivity index (χ2n) is 3.29. The van der Waals surface area contributed by atoms with Crippen LogP contribution >= 0.6 is 0 Å². The van der Waals surface area contributed by atoms with Crippen molar-refractivity contribution in [1.29, 1.82) is 5.26 Å². The lowest BCUT2D eigenvalue weighted by Crippen LogP contribution is -2.47. The van der Waals surface area contributed by atoms with Gasteiger partial charge in [-0.1, -0.05) is 0 Å². The minimum absolute atomic E-state index is 0.200. The SMILES string of the molecule is N#CCC(=O)C1CCCCN1C(=O)O. The van der Waals surface area contributed by atoms with Gasteiger partial charge in [0.15, 0.2) is 5.78 Å². The fourth-order valence-corrected chi connectivity index (χ4v) is 1.69. The monoisotopic (exact) mass is 196 g/mol. The lowest BCUT2D eigenvalue weighted by Gasteiger charge is -2.31. The molecule has 1 atom stereocenters. The first-order valence-corrected chi connectivity index (χ1v) is 4.56. The van der Waals surface area contributed by atoms with Crippen LogP contribution in [-0.4, -0.2) is 34.5 Å². The van der Waals surface area contributed by atoms with Crippen LogP contribution in [-0.2, 0) is 4.79 Å². The van der Waals surface area contributed by atoms with E-state index < -0.39 is 12.1 Å². The Morgan fingerprint density at radius 3 is 2.79 bits per heavy atom. The second kappa shape index (κ2) is 4.61. The molecule has 1 N–H and O–H groups in total. The van der Waals surface area contributed by atoms with Crippen molar-refractivity contribution in [1.82, 2.24) is 4.90 Å². The van der Waals surface area contributed by atoms with E-state index in [0.29, 0.717) is 13.0 Å². The summed E-state index contributed by atoms with van der Waals surface area (Å²) < 4.78 is 0. The summed E-state index contributed by atoms with van der Waals surface area (Å²) in [4.78, 5) is 23.3. The van der Waals surface area contributed by atoms with Gasteiger partial charge in [-0.2, -0.15) is 5.26 Å². The molecule has 0 radical (unpaired) electrons. The van der Waals surface area contributed by atoms with Crippen LogP contribution in [0.4, 0.5) is 4.79 Å². The molecule has 0 aromatic rings. The minimum atomic E-state index is -1.07. The smallest absolute Gasteiger partial charge is 0.407 e. The van der Waals surface area contributed by atoms with Crippen LogP contribution in [0.5, 0.6) is 0 Å². The highest BCUT2D eigenvalue weighted by molar-refractivity contribution is 5.88. The van der Waals surface area contributed by atoms with Gasteiger partial charge in [-0.15, -0.1) is 0 Å². The third-order valence-electron chi connectivity index (χ3n) is 2.37. The zero-order valence-corrected chi connectivity index (χ0v) is 7.77. The molecule has 14 heavy (non-hydrogen) atoms. The molecule has 5 heteroatoms. The van der Waals surface area contributed by atoms with Crippen molar-refractivity contribution < 1.29 is 14.7 Å². The number of amides is 1. The first-order valence-electron chi connectivity index (χ1n) is 4.56. The van der Waals surface area contributed by atoms with Gasteiger partial charge in [-0.3, -0.25) is 9.69 Å². The number of Topliss-reactive ketones (excluding diaryl/α,β-unsaturated/α-hetero) is 1. The molecular weight excluding hydrogens is 184 g/mol. The number of nitriles is 1. The maximum absolute atomic E-state index is 11.4. The fraction of sp³-hybridized carbons (Fsp3) is 0.667. The van der Waals surface area contributed by atoms with Crippen LogP contribution in [0.3, 0.4) is 0 Å². The van der Waals surface area contributed by atoms with E-state index in [-0.39, 0.29) is 12.2 Å². The number of ketones is 1. The number of hydrogen-bond acceptors (Lipinski definition) is 3. The van der Waals surface area contributed by atoms with Gasteiger partial charge in [0.1, 0.15) is 0 Å². The number of likely N-dealkylation sites (tertiary alicyclic amines) is 1. The summed E-state index contributed by atoms with van der Waals surface area (Å²) in [6.45, 7) is 0.400. The third-order valence-corrected chi connectivity index (χ3v) is 2.37. The highest BCUT2D eigenvalue weighted by atomic mass is 16.4. The Bertz CT molecular complexity index is 282. The fourth-order valence-electron chi connectivity index (χ4n) is 1.69.